The number of nitrogens with zero attached hydrogens (tertiary/aromatic N) is 1. The van der Waals surface area contributed by atoms with Crippen molar-refractivity contribution in [3.63, 3.8) is 0 Å². The maximum Gasteiger partial charge on any atom is 0.317 e. The molecule has 0 aromatic heterocycles. The maximum absolute atomic E-state index is 12.2. The Balaban J connectivity index is 2.02. The molecular weight excluding hydrogens is 238 g/mol. The average molecular weight is 261 g/mol. The number of carbonyl (C=O) groups excluding carboxylic acids is 1. The second kappa shape index (κ2) is 6.57. The van der Waals surface area contributed by atoms with Gasteiger partial charge in [-0.15, -0.1) is 0 Å². The molecule has 0 aliphatic carbocycles. The number of benzene rings is 1. The molecule has 4 heteroatoms. The van der Waals surface area contributed by atoms with Crippen molar-refractivity contribution in [1.82, 2.24) is 15.5 Å². The largest absolute Gasteiger partial charge is 0.331 e. The van der Waals surface area contributed by atoms with Crippen LogP contribution in [0.15, 0.2) is 24.3 Å². The first-order chi connectivity index (χ1) is 9.22. The van der Waals surface area contributed by atoms with Gasteiger partial charge in [-0.25, -0.2) is 4.79 Å². The number of nitrogens with one attached hydrogen (secondary N) is 2. The summed E-state index contributed by atoms with van der Waals surface area (Å²) in [5.41, 5.74) is 2.45. The molecule has 1 aliphatic heterocycles. The summed E-state index contributed by atoms with van der Waals surface area (Å²) < 4.78 is 0. The Kier molecular flexibility index (Phi) is 4.80. The summed E-state index contributed by atoms with van der Waals surface area (Å²) in [5, 5.41) is 6.41. The lowest BCUT2D eigenvalue weighted by atomic mass is 9.99. The third kappa shape index (κ3) is 3.47. The van der Waals surface area contributed by atoms with Crippen LogP contribution in [0.4, 0.5) is 4.79 Å². The molecule has 1 saturated heterocycles. The first-order valence-corrected chi connectivity index (χ1v) is 7.04. The molecule has 1 aliphatic rings. The van der Waals surface area contributed by atoms with E-state index < -0.39 is 0 Å². The molecule has 2 amide bonds. The number of hydrogen-bond acceptors (Lipinski definition) is 2. The van der Waals surface area contributed by atoms with Crippen molar-refractivity contribution >= 4 is 6.03 Å². The van der Waals surface area contributed by atoms with Crippen LogP contribution in [0.25, 0.3) is 0 Å². The van der Waals surface area contributed by atoms with Crippen molar-refractivity contribution < 1.29 is 4.79 Å². The third-order valence-corrected chi connectivity index (χ3v) is 3.67. The second-order valence-electron chi connectivity index (χ2n) is 5.00. The summed E-state index contributed by atoms with van der Waals surface area (Å²) >= 11 is 0. The zero-order valence-corrected chi connectivity index (χ0v) is 11.8. The fourth-order valence-corrected chi connectivity index (χ4v) is 2.49. The van der Waals surface area contributed by atoms with E-state index in [9.17, 15) is 4.79 Å². The highest BCUT2D eigenvalue weighted by atomic mass is 16.2. The Labute approximate surface area is 115 Å². The van der Waals surface area contributed by atoms with Crippen molar-refractivity contribution in [2.75, 3.05) is 26.2 Å². The summed E-state index contributed by atoms with van der Waals surface area (Å²) in [5.74, 6) is 0. The van der Waals surface area contributed by atoms with E-state index in [1.54, 1.807) is 0 Å². The molecule has 1 heterocycles. The summed E-state index contributed by atoms with van der Waals surface area (Å²) in [7, 11) is 0. The van der Waals surface area contributed by atoms with Crippen LogP contribution in [0.2, 0.25) is 0 Å². The molecular formula is C15H23N3O. The van der Waals surface area contributed by atoms with Crippen LogP contribution in [0.1, 0.15) is 30.5 Å². The van der Waals surface area contributed by atoms with Crippen LogP contribution in [-0.4, -0.2) is 37.1 Å². The minimum Gasteiger partial charge on any atom is -0.331 e. The van der Waals surface area contributed by atoms with Crippen molar-refractivity contribution in [2.24, 2.45) is 0 Å². The number of hydrogen-bond donors (Lipinski definition) is 2. The first kappa shape index (κ1) is 13.9. The molecule has 0 spiro atoms. The quantitative estimate of drug-likeness (QED) is 0.875. The van der Waals surface area contributed by atoms with Gasteiger partial charge in [0.2, 0.25) is 0 Å². The SMILES string of the molecule is CCC(NC(=O)N1CCNCC1)c1ccccc1C. The van der Waals surface area contributed by atoms with Crippen LogP contribution in [0, 0.1) is 6.92 Å². The lowest BCUT2D eigenvalue weighted by molar-refractivity contribution is 0.186. The topological polar surface area (TPSA) is 44.4 Å². The zero-order chi connectivity index (χ0) is 13.7. The van der Waals surface area contributed by atoms with E-state index in [-0.39, 0.29) is 12.1 Å². The fraction of sp³-hybridized carbons (Fsp3) is 0.533. The highest BCUT2D eigenvalue weighted by Gasteiger charge is 2.20. The second-order valence-corrected chi connectivity index (χ2v) is 5.00. The Hall–Kier alpha value is -1.55. The highest BCUT2D eigenvalue weighted by Crippen LogP contribution is 2.20. The Morgan fingerprint density at radius 2 is 2.05 bits per heavy atom. The molecule has 0 bridgehead atoms. The molecule has 1 atom stereocenters. The molecule has 0 radical (unpaired) electrons. The molecule has 1 fully saturated rings. The van der Waals surface area contributed by atoms with Crippen LogP contribution < -0.4 is 10.6 Å². The van der Waals surface area contributed by atoms with Gasteiger partial charge in [0.05, 0.1) is 6.04 Å². The Bertz CT molecular complexity index is 427. The smallest absolute Gasteiger partial charge is 0.317 e. The van der Waals surface area contributed by atoms with Crippen LogP contribution in [0.3, 0.4) is 0 Å². The van der Waals surface area contributed by atoms with Crippen molar-refractivity contribution in [3.05, 3.63) is 35.4 Å². The Morgan fingerprint density at radius 1 is 1.37 bits per heavy atom. The van der Waals surface area contributed by atoms with Gasteiger partial charge in [-0.1, -0.05) is 31.2 Å². The number of piperazine rings is 1. The number of amides is 2. The van der Waals surface area contributed by atoms with Crippen molar-refractivity contribution in [1.29, 1.82) is 0 Å². The van der Waals surface area contributed by atoms with Gasteiger partial charge in [-0.2, -0.15) is 0 Å². The van der Waals surface area contributed by atoms with Gasteiger partial charge in [0.25, 0.3) is 0 Å². The standard InChI is InChI=1S/C15H23N3O/c1-3-14(13-7-5-4-6-12(13)2)17-15(19)18-10-8-16-9-11-18/h4-7,14,16H,3,8-11H2,1-2H3,(H,17,19). The van der Waals surface area contributed by atoms with Crippen molar-refractivity contribution in [2.45, 2.75) is 26.3 Å². The fourth-order valence-electron chi connectivity index (χ4n) is 2.49. The van der Waals surface area contributed by atoms with E-state index >= 15 is 0 Å². The summed E-state index contributed by atoms with van der Waals surface area (Å²) in [4.78, 5) is 14.1. The number of aryl methyl sites for hydroxylation is 1. The van der Waals surface area contributed by atoms with Gasteiger partial charge in [0.1, 0.15) is 0 Å². The molecule has 19 heavy (non-hydrogen) atoms. The Morgan fingerprint density at radius 3 is 2.68 bits per heavy atom. The molecule has 2 rings (SSSR count). The summed E-state index contributed by atoms with van der Waals surface area (Å²) in [6.45, 7) is 7.54. The van der Waals surface area contributed by atoms with Crippen LogP contribution >= 0.6 is 0 Å². The third-order valence-electron chi connectivity index (χ3n) is 3.67. The van der Waals surface area contributed by atoms with E-state index in [0.717, 1.165) is 32.6 Å². The van der Waals surface area contributed by atoms with Crippen molar-refractivity contribution in [3.8, 4) is 0 Å². The summed E-state index contributed by atoms with van der Waals surface area (Å²) in [6.07, 6.45) is 0.905. The van der Waals surface area contributed by atoms with E-state index in [1.165, 1.54) is 11.1 Å². The van der Waals surface area contributed by atoms with E-state index in [1.807, 2.05) is 17.0 Å². The minimum atomic E-state index is 0.0524. The maximum atomic E-state index is 12.2. The van der Waals surface area contributed by atoms with Gasteiger partial charge in [0, 0.05) is 26.2 Å². The molecule has 1 aromatic rings. The lowest BCUT2D eigenvalue weighted by Crippen LogP contribution is -2.50. The van der Waals surface area contributed by atoms with Crippen LogP contribution in [0.5, 0.6) is 0 Å². The van der Waals surface area contributed by atoms with Crippen LogP contribution in [-0.2, 0) is 0 Å². The van der Waals surface area contributed by atoms with Gasteiger partial charge >= 0.3 is 6.03 Å². The predicted octanol–water partition coefficient (Wildman–Crippen LogP) is 2.06. The highest BCUT2D eigenvalue weighted by molar-refractivity contribution is 5.75. The number of rotatable bonds is 3. The van der Waals surface area contributed by atoms with Gasteiger partial charge in [-0.3, -0.25) is 0 Å². The molecule has 0 saturated carbocycles. The molecule has 1 aromatic carbocycles. The van der Waals surface area contributed by atoms with E-state index in [0.29, 0.717) is 0 Å². The van der Waals surface area contributed by atoms with E-state index in [4.69, 9.17) is 0 Å². The molecule has 1 unspecified atom stereocenters. The van der Waals surface area contributed by atoms with Gasteiger partial charge < -0.3 is 15.5 Å². The monoisotopic (exact) mass is 261 g/mol. The number of urea groups is 1. The minimum absolute atomic E-state index is 0.0524. The summed E-state index contributed by atoms with van der Waals surface area (Å²) in [6, 6.07) is 8.41. The molecule has 4 nitrogen and oxygen atoms in total. The average Bonchev–Trinajstić information content (AvgIpc) is 2.46. The lowest BCUT2D eigenvalue weighted by Gasteiger charge is -2.30. The van der Waals surface area contributed by atoms with E-state index in [2.05, 4.69) is 36.6 Å². The molecule has 104 valence electrons. The normalized spacial score (nSPS) is 17.1. The van der Waals surface area contributed by atoms with Gasteiger partial charge in [0.15, 0.2) is 0 Å². The number of carbonyl (C=O) groups is 1. The molecule has 2 N–H and O–H groups in total. The predicted molar refractivity (Wildman–Crippen MR) is 77.2 cm³/mol. The zero-order valence-electron chi connectivity index (χ0n) is 11.8. The van der Waals surface area contributed by atoms with Gasteiger partial charge in [-0.05, 0) is 24.5 Å². The first-order valence-electron chi connectivity index (χ1n) is 7.04.